The van der Waals surface area contributed by atoms with Crippen LogP contribution in [0.5, 0.6) is 0 Å². The first-order valence-electron chi connectivity index (χ1n) is 4.07. The SMILES string of the molecule is CC1=CCC(=O)N[C@@H]1C(C)C. The molecular formula is C9H15NO. The van der Waals surface area contributed by atoms with Gasteiger partial charge in [-0.25, -0.2) is 0 Å². The predicted molar refractivity (Wildman–Crippen MR) is 45.1 cm³/mol. The van der Waals surface area contributed by atoms with Crippen molar-refractivity contribution in [2.24, 2.45) is 5.92 Å². The number of carbonyl (C=O) groups excluding carboxylic acids is 1. The van der Waals surface area contributed by atoms with Gasteiger partial charge in [-0.05, 0) is 12.8 Å². The van der Waals surface area contributed by atoms with Gasteiger partial charge < -0.3 is 5.32 Å². The van der Waals surface area contributed by atoms with E-state index in [1.807, 2.05) is 6.08 Å². The van der Waals surface area contributed by atoms with Crippen molar-refractivity contribution < 1.29 is 4.79 Å². The molecule has 1 aliphatic heterocycles. The van der Waals surface area contributed by atoms with Crippen LogP contribution in [0.25, 0.3) is 0 Å². The van der Waals surface area contributed by atoms with Crippen LogP contribution < -0.4 is 5.32 Å². The second-order valence-corrected chi connectivity index (χ2v) is 3.44. The van der Waals surface area contributed by atoms with E-state index in [1.54, 1.807) is 0 Å². The first-order chi connectivity index (χ1) is 5.11. The molecule has 1 rings (SSSR count). The van der Waals surface area contributed by atoms with Crippen LogP contribution >= 0.6 is 0 Å². The Bertz CT molecular complexity index is 194. The molecule has 0 aromatic carbocycles. The van der Waals surface area contributed by atoms with Crippen LogP contribution in [-0.2, 0) is 4.79 Å². The van der Waals surface area contributed by atoms with Crippen LogP contribution in [0.3, 0.4) is 0 Å². The van der Waals surface area contributed by atoms with E-state index >= 15 is 0 Å². The summed E-state index contributed by atoms with van der Waals surface area (Å²) in [7, 11) is 0. The van der Waals surface area contributed by atoms with Gasteiger partial charge in [0.25, 0.3) is 0 Å². The molecule has 0 bridgehead atoms. The first kappa shape index (κ1) is 8.31. The summed E-state index contributed by atoms with van der Waals surface area (Å²) >= 11 is 0. The Labute approximate surface area is 67.7 Å². The smallest absolute Gasteiger partial charge is 0.224 e. The van der Waals surface area contributed by atoms with Crippen LogP contribution in [0.4, 0.5) is 0 Å². The van der Waals surface area contributed by atoms with Crippen LogP contribution in [0, 0.1) is 5.92 Å². The van der Waals surface area contributed by atoms with Crippen LogP contribution in [0.15, 0.2) is 11.6 Å². The van der Waals surface area contributed by atoms with Gasteiger partial charge in [0.1, 0.15) is 0 Å². The van der Waals surface area contributed by atoms with Gasteiger partial charge in [0.15, 0.2) is 0 Å². The molecule has 0 aromatic rings. The number of rotatable bonds is 1. The highest BCUT2D eigenvalue weighted by molar-refractivity contribution is 5.79. The molecule has 1 heterocycles. The first-order valence-corrected chi connectivity index (χ1v) is 4.07. The number of carbonyl (C=O) groups is 1. The maximum absolute atomic E-state index is 11.0. The molecular weight excluding hydrogens is 138 g/mol. The fourth-order valence-electron chi connectivity index (χ4n) is 1.42. The molecule has 0 fully saturated rings. The lowest BCUT2D eigenvalue weighted by atomic mass is 9.93. The largest absolute Gasteiger partial charge is 0.349 e. The van der Waals surface area contributed by atoms with Crippen LogP contribution in [0.1, 0.15) is 27.2 Å². The Hall–Kier alpha value is -0.790. The molecule has 2 heteroatoms. The topological polar surface area (TPSA) is 29.1 Å². The van der Waals surface area contributed by atoms with Crippen LogP contribution in [-0.4, -0.2) is 11.9 Å². The van der Waals surface area contributed by atoms with E-state index < -0.39 is 0 Å². The number of amides is 1. The molecule has 1 atom stereocenters. The molecule has 2 nitrogen and oxygen atoms in total. The zero-order valence-corrected chi connectivity index (χ0v) is 7.35. The van der Waals surface area contributed by atoms with Crippen molar-refractivity contribution in [3.8, 4) is 0 Å². The Morgan fingerprint density at radius 3 is 2.73 bits per heavy atom. The minimum Gasteiger partial charge on any atom is -0.349 e. The Morgan fingerprint density at radius 1 is 1.64 bits per heavy atom. The maximum Gasteiger partial charge on any atom is 0.224 e. The summed E-state index contributed by atoms with van der Waals surface area (Å²) in [5.74, 6) is 0.643. The van der Waals surface area contributed by atoms with E-state index in [9.17, 15) is 4.79 Å². The Balaban J connectivity index is 2.71. The summed E-state index contributed by atoms with van der Waals surface area (Å²) in [6.07, 6.45) is 2.57. The standard InChI is InChI=1S/C9H15NO/c1-6(2)9-7(3)4-5-8(11)10-9/h4,6,9H,5H2,1-3H3,(H,10,11)/t9-/m1/s1. The second-order valence-electron chi connectivity index (χ2n) is 3.44. The molecule has 0 spiro atoms. The Morgan fingerprint density at radius 2 is 2.27 bits per heavy atom. The molecule has 0 radical (unpaired) electrons. The van der Waals surface area contributed by atoms with Crippen molar-refractivity contribution in [3.05, 3.63) is 11.6 Å². The van der Waals surface area contributed by atoms with E-state index in [-0.39, 0.29) is 11.9 Å². The fraction of sp³-hybridized carbons (Fsp3) is 0.667. The van der Waals surface area contributed by atoms with E-state index in [1.165, 1.54) is 5.57 Å². The molecule has 1 aliphatic rings. The lowest BCUT2D eigenvalue weighted by Gasteiger charge is -2.26. The molecule has 11 heavy (non-hydrogen) atoms. The molecule has 0 aromatic heterocycles. The molecule has 62 valence electrons. The average molecular weight is 153 g/mol. The highest BCUT2D eigenvalue weighted by Gasteiger charge is 2.20. The summed E-state index contributed by atoms with van der Waals surface area (Å²) in [6, 6.07) is 0.260. The molecule has 1 N–H and O–H groups in total. The minimum absolute atomic E-state index is 0.147. The van der Waals surface area contributed by atoms with E-state index in [0.717, 1.165) is 0 Å². The van der Waals surface area contributed by atoms with Gasteiger partial charge >= 0.3 is 0 Å². The van der Waals surface area contributed by atoms with Crippen molar-refractivity contribution in [2.75, 3.05) is 0 Å². The summed E-state index contributed by atoms with van der Waals surface area (Å²) < 4.78 is 0. The van der Waals surface area contributed by atoms with Gasteiger partial charge in [0.05, 0.1) is 6.04 Å². The van der Waals surface area contributed by atoms with Crippen molar-refractivity contribution in [1.82, 2.24) is 5.32 Å². The molecule has 0 saturated heterocycles. The monoisotopic (exact) mass is 153 g/mol. The van der Waals surface area contributed by atoms with Gasteiger partial charge in [0.2, 0.25) is 5.91 Å². The van der Waals surface area contributed by atoms with Crippen molar-refractivity contribution >= 4 is 5.91 Å². The predicted octanol–water partition coefficient (Wildman–Crippen LogP) is 1.48. The lowest BCUT2D eigenvalue weighted by Crippen LogP contribution is -2.41. The zero-order valence-electron chi connectivity index (χ0n) is 7.35. The average Bonchev–Trinajstić information content (AvgIpc) is 1.94. The fourth-order valence-corrected chi connectivity index (χ4v) is 1.42. The summed E-state index contributed by atoms with van der Waals surface area (Å²) in [5.41, 5.74) is 1.29. The molecule has 0 unspecified atom stereocenters. The van der Waals surface area contributed by atoms with Gasteiger partial charge in [-0.2, -0.15) is 0 Å². The van der Waals surface area contributed by atoms with Crippen molar-refractivity contribution in [2.45, 2.75) is 33.2 Å². The number of nitrogens with one attached hydrogen (secondary N) is 1. The Kier molecular flexibility index (Phi) is 2.32. The molecule has 0 saturated carbocycles. The number of hydrogen-bond donors (Lipinski definition) is 1. The normalized spacial score (nSPS) is 24.9. The highest BCUT2D eigenvalue weighted by Crippen LogP contribution is 2.15. The van der Waals surface area contributed by atoms with E-state index in [0.29, 0.717) is 12.3 Å². The van der Waals surface area contributed by atoms with Crippen molar-refractivity contribution in [1.29, 1.82) is 0 Å². The van der Waals surface area contributed by atoms with Gasteiger partial charge in [-0.3, -0.25) is 4.79 Å². The van der Waals surface area contributed by atoms with Crippen molar-refractivity contribution in [3.63, 3.8) is 0 Å². The third kappa shape index (κ3) is 1.82. The molecule has 0 aliphatic carbocycles. The maximum atomic E-state index is 11.0. The van der Waals surface area contributed by atoms with Gasteiger partial charge in [-0.15, -0.1) is 0 Å². The van der Waals surface area contributed by atoms with E-state index in [2.05, 4.69) is 26.1 Å². The second kappa shape index (κ2) is 3.07. The van der Waals surface area contributed by atoms with Gasteiger partial charge in [0, 0.05) is 6.42 Å². The zero-order chi connectivity index (χ0) is 8.43. The third-order valence-corrected chi connectivity index (χ3v) is 2.08. The quantitative estimate of drug-likeness (QED) is 0.568. The molecule has 1 amide bonds. The summed E-state index contributed by atoms with van der Waals surface area (Å²) in [6.45, 7) is 6.31. The minimum atomic E-state index is 0.147. The number of hydrogen-bond acceptors (Lipinski definition) is 1. The lowest BCUT2D eigenvalue weighted by molar-refractivity contribution is -0.121. The van der Waals surface area contributed by atoms with Gasteiger partial charge in [-0.1, -0.05) is 25.5 Å². The van der Waals surface area contributed by atoms with Crippen LogP contribution in [0.2, 0.25) is 0 Å². The summed E-state index contributed by atoms with van der Waals surface area (Å²) in [4.78, 5) is 11.0. The third-order valence-electron chi connectivity index (χ3n) is 2.08. The van der Waals surface area contributed by atoms with E-state index in [4.69, 9.17) is 0 Å². The highest BCUT2D eigenvalue weighted by atomic mass is 16.1. The summed E-state index contributed by atoms with van der Waals surface area (Å²) in [5, 5.41) is 2.96.